The van der Waals surface area contributed by atoms with Crippen molar-refractivity contribution in [1.29, 1.82) is 0 Å². The molecule has 32 heavy (non-hydrogen) atoms. The third-order valence-corrected chi connectivity index (χ3v) is 5.95. The third-order valence-electron chi connectivity index (χ3n) is 5.95. The van der Waals surface area contributed by atoms with Gasteiger partial charge in [0.05, 0.1) is 13.2 Å². The fourth-order valence-electron chi connectivity index (χ4n) is 4.23. The van der Waals surface area contributed by atoms with Crippen molar-refractivity contribution in [2.45, 2.75) is 44.4 Å². The maximum absolute atomic E-state index is 13.2. The zero-order valence-corrected chi connectivity index (χ0v) is 18.1. The van der Waals surface area contributed by atoms with Crippen molar-refractivity contribution in [2.24, 2.45) is 0 Å². The molecule has 2 atom stereocenters. The molecule has 0 radical (unpaired) electrons. The molecule has 2 fully saturated rings. The summed E-state index contributed by atoms with van der Waals surface area (Å²) in [6, 6.07) is 13.2. The number of nitrogens with one attached hydrogen (secondary N) is 1. The van der Waals surface area contributed by atoms with Crippen LogP contribution in [0.2, 0.25) is 0 Å². The van der Waals surface area contributed by atoms with Gasteiger partial charge >= 0.3 is 0 Å². The minimum Gasteiger partial charge on any atom is -0.497 e. The van der Waals surface area contributed by atoms with Crippen molar-refractivity contribution in [2.75, 3.05) is 13.7 Å². The van der Waals surface area contributed by atoms with Gasteiger partial charge in [-0.3, -0.25) is 9.59 Å². The summed E-state index contributed by atoms with van der Waals surface area (Å²) in [5.41, 5.74) is 1.62. The fraction of sp³-hybridized carbons (Fsp3) is 0.360. The number of hydrogen-bond acceptors (Lipinski definition) is 4. The Morgan fingerprint density at radius 1 is 1.16 bits per heavy atom. The maximum atomic E-state index is 13.2. The van der Waals surface area contributed by atoms with Crippen LogP contribution >= 0.6 is 0 Å². The lowest BCUT2D eigenvalue weighted by atomic mass is 9.89. The Bertz CT molecular complexity index is 988. The van der Waals surface area contributed by atoms with Crippen LogP contribution in [-0.2, 0) is 20.9 Å². The van der Waals surface area contributed by atoms with E-state index in [1.807, 2.05) is 24.3 Å². The van der Waals surface area contributed by atoms with Crippen molar-refractivity contribution >= 4 is 17.9 Å². The Labute approximate surface area is 187 Å². The van der Waals surface area contributed by atoms with Crippen molar-refractivity contribution in [3.8, 4) is 5.75 Å². The lowest BCUT2D eigenvalue weighted by Crippen LogP contribution is -2.57. The predicted octanol–water partition coefficient (Wildman–Crippen LogP) is 3.66. The second-order valence-electron chi connectivity index (χ2n) is 8.13. The van der Waals surface area contributed by atoms with Gasteiger partial charge in [-0.15, -0.1) is 0 Å². The number of carbonyl (C=O) groups is 2. The topological polar surface area (TPSA) is 67.9 Å². The number of benzene rings is 2. The first-order chi connectivity index (χ1) is 15.5. The van der Waals surface area contributed by atoms with E-state index in [2.05, 4.69) is 5.32 Å². The molecule has 1 aliphatic carbocycles. The van der Waals surface area contributed by atoms with Gasteiger partial charge in [-0.1, -0.05) is 30.7 Å². The van der Waals surface area contributed by atoms with E-state index in [-0.39, 0.29) is 48.6 Å². The largest absolute Gasteiger partial charge is 0.497 e. The molecule has 1 heterocycles. The first-order valence-corrected chi connectivity index (χ1v) is 10.9. The molecule has 0 aromatic heterocycles. The van der Waals surface area contributed by atoms with E-state index < -0.39 is 0 Å². The Morgan fingerprint density at radius 3 is 2.59 bits per heavy atom. The van der Waals surface area contributed by atoms with Gasteiger partial charge in [-0.2, -0.15) is 0 Å². The number of halogens is 1. The number of carbonyl (C=O) groups excluding carboxylic acids is 2. The molecule has 2 aromatic carbocycles. The fourth-order valence-corrected chi connectivity index (χ4v) is 4.23. The number of nitrogens with zero attached hydrogens (tertiary/aromatic N) is 1. The Balaban J connectivity index is 1.47. The molecule has 2 unspecified atom stereocenters. The predicted molar refractivity (Wildman–Crippen MR) is 118 cm³/mol. The van der Waals surface area contributed by atoms with Crippen LogP contribution in [0.25, 0.3) is 6.08 Å². The SMILES string of the molecule is COc1ccc(/C=C2/OC3CCCCC3N(CC(=O)NCc3ccc(F)cc3)C2=O)cc1. The summed E-state index contributed by atoms with van der Waals surface area (Å²) < 4.78 is 24.3. The summed E-state index contributed by atoms with van der Waals surface area (Å²) in [7, 11) is 1.60. The van der Waals surface area contributed by atoms with Crippen molar-refractivity contribution < 1.29 is 23.5 Å². The summed E-state index contributed by atoms with van der Waals surface area (Å²) in [5.74, 6) is 0.136. The van der Waals surface area contributed by atoms with Crippen molar-refractivity contribution in [3.63, 3.8) is 0 Å². The summed E-state index contributed by atoms with van der Waals surface area (Å²) in [6.45, 7) is 0.241. The van der Waals surface area contributed by atoms with Gasteiger partial charge in [0, 0.05) is 6.54 Å². The van der Waals surface area contributed by atoms with E-state index in [0.717, 1.165) is 42.6 Å². The van der Waals surface area contributed by atoms with Crippen molar-refractivity contribution in [1.82, 2.24) is 10.2 Å². The van der Waals surface area contributed by atoms with Gasteiger partial charge in [0.2, 0.25) is 5.91 Å². The van der Waals surface area contributed by atoms with Crippen LogP contribution in [0.5, 0.6) is 5.75 Å². The third kappa shape index (κ3) is 5.10. The molecule has 2 aromatic rings. The van der Waals surface area contributed by atoms with E-state index >= 15 is 0 Å². The summed E-state index contributed by atoms with van der Waals surface area (Å²) >= 11 is 0. The molecule has 2 aliphatic rings. The number of fused-ring (bicyclic) bond motifs is 1. The lowest BCUT2D eigenvalue weighted by molar-refractivity contribution is -0.151. The molecule has 6 nitrogen and oxygen atoms in total. The molecular formula is C25H27FN2O4. The number of methoxy groups -OCH3 is 1. The zero-order valence-electron chi connectivity index (χ0n) is 18.1. The molecule has 7 heteroatoms. The van der Waals surface area contributed by atoms with Crippen LogP contribution in [0.1, 0.15) is 36.8 Å². The number of morpholine rings is 1. The van der Waals surface area contributed by atoms with Gasteiger partial charge < -0.3 is 19.7 Å². The number of hydrogen-bond donors (Lipinski definition) is 1. The van der Waals surface area contributed by atoms with Crippen LogP contribution in [-0.4, -0.2) is 42.5 Å². The lowest BCUT2D eigenvalue weighted by Gasteiger charge is -2.44. The average molecular weight is 438 g/mol. The summed E-state index contributed by atoms with van der Waals surface area (Å²) in [6.07, 6.45) is 5.31. The quantitative estimate of drug-likeness (QED) is 0.699. The van der Waals surface area contributed by atoms with Crippen LogP contribution in [0.15, 0.2) is 54.3 Å². The zero-order chi connectivity index (χ0) is 22.5. The number of rotatable bonds is 6. The smallest absolute Gasteiger partial charge is 0.289 e. The maximum Gasteiger partial charge on any atom is 0.289 e. The van der Waals surface area contributed by atoms with Crippen LogP contribution < -0.4 is 10.1 Å². The Morgan fingerprint density at radius 2 is 1.88 bits per heavy atom. The van der Waals surface area contributed by atoms with Crippen molar-refractivity contribution in [3.05, 3.63) is 71.2 Å². The molecule has 1 aliphatic heterocycles. The molecule has 0 bridgehead atoms. The van der Waals surface area contributed by atoms with Crippen LogP contribution in [0, 0.1) is 5.82 Å². The Kier molecular flexibility index (Phi) is 6.73. The Hall–Kier alpha value is -3.35. The monoisotopic (exact) mass is 438 g/mol. The minimum absolute atomic E-state index is 0.0372. The second-order valence-corrected chi connectivity index (χ2v) is 8.13. The highest BCUT2D eigenvalue weighted by atomic mass is 19.1. The van der Waals surface area contributed by atoms with E-state index in [1.165, 1.54) is 12.1 Å². The minimum atomic E-state index is -0.321. The highest BCUT2D eigenvalue weighted by Gasteiger charge is 2.42. The van der Waals surface area contributed by atoms with Gasteiger partial charge in [0.15, 0.2) is 5.76 Å². The van der Waals surface area contributed by atoms with Crippen LogP contribution in [0.4, 0.5) is 4.39 Å². The highest BCUT2D eigenvalue weighted by Crippen LogP contribution is 2.33. The molecule has 0 spiro atoms. The summed E-state index contributed by atoms with van der Waals surface area (Å²) in [5, 5.41) is 2.83. The molecule has 4 rings (SSSR count). The number of ether oxygens (including phenoxy) is 2. The molecular weight excluding hydrogens is 411 g/mol. The van der Waals surface area contributed by atoms with E-state index in [9.17, 15) is 14.0 Å². The van der Waals surface area contributed by atoms with E-state index in [0.29, 0.717) is 0 Å². The standard InChI is InChI=1S/C25H27FN2O4/c1-31-20-12-8-17(9-13-20)14-23-25(30)28(21-4-2-3-5-22(21)32-23)16-24(29)27-15-18-6-10-19(26)11-7-18/h6-14,21-22H,2-5,15-16H2,1H3,(H,27,29)/b23-14+. The number of amides is 2. The first-order valence-electron chi connectivity index (χ1n) is 10.9. The van der Waals surface area contributed by atoms with Gasteiger partial charge in [-0.05, 0) is 60.7 Å². The molecule has 1 saturated carbocycles. The van der Waals surface area contributed by atoms with Gasteiger partial charge in [0.25, 0.3) is 5.91 Å². The average Bonchev–Trinajstić information content (AvgIpc) is 2.82. The van der Waals surface area contributed by atoms with E-state index in [4.69, 9.17) is 9.47 Å². The molecule has 168 valence electrons. The summed E-state index contributed by atoms with van der Waals surface area (Å²) in [4.78, 5) is 27.5. The highest BCUT2D eigenvalue weighted by molar-refractivity contribution is 5.98. The molecule has 1 saturated heterocycles. The first kappa shape index (κ1) is 21.9. The van der Waals surface area contributed by atoms with E-state index in [1.54, 1.807) is 30.2 Å². The normalized spacial score (nSPS) is 21.6. The molecule has 1 N–H and O–H groups in total. The molecule has 2 amide bonds. The van der Waals surface area contributed by atoms with Gasteiger partial charge in [-0.25, -0.2) is 4.39 Å². The van der Waals surface area contributed by atoms with Crippen LogP contribution in [0.3, 0.4) is 0 Å². The van der Waals surface area contributed by atoms with Gasteiger partial charge in [0.1, 0.15) is 24.2 Å². The second kappa shape index (κ2) is 9.85.